The lowest BCUT2D eigenvalue weighted by atomic mass is 10.1. The number of aryl methyl sites for hydroxylation is 1. The summed E-state index contributed by atoms with van der Waals surface area (Å²) >= 11 is 0. The van der Waals surface area contributed by atoms with Gasteiger partial charge in [-0.3, -0.25) is 9.59 Å². The highest BCUT2D eigenvalue weighted by Crippen LogP contribution is 2.17. The van der Waals surface area contributed by atoms with Gasteiger partial charge in [-0.05, 0) is 54.5 Å². The Bertz CT molecular complexity index is 1060. The Kier molecular flexibility index (Phi) is 6.65. The lowest BCUT2D eigenvalue weighted by Crippen LogP contribution is -2.30. The van der Waals surface area contributed by atoms with E-state index in [1.807, 2.05) is 80.5 Å². The van der Waals surface area contributed by atoms with Crippen molar-refractivity contribution >= 4 is 29.3 Å². The Hall–Kier alpha value is -3.86. The molecule has 0 aromatic heterocycles. The van der Waals surface area contributed by atoms with Crippen LogP contribution in [-0.2, 0) is 4.79 Å². The first-order chi connectivity index (χ1) is 14.4. The van der Waals surface area contributed by atoms with Crippen LogP contribution in [0.25, 0.3) is 6.08 Å². The van der Waals surface area contributed by atoms with Crippen molar-refractivity contribution in [3.8, 4) is 0 Å². The van der Waals surface area contributed by atoms with Gasteiger partial charge in [-0.15, -0.1) is 0 Å². The Morgan fingerprint density at radius 1 is 0.833 bits per heavy atom. The third-order valence-electron chi connectivity index (χ3n) is 4.64. The molecule has 2 N–H and O–H groups in total. The lowest BCUT2D eigenvalue weighted by molar-refractivity contribution is -0.113. The molecule has 5 heteroatoms. The number of para-hydroxylation sites is 1. The molecule has 0 unspecified atom stereocenters. The molecule has 0 aliphatic carbocycles. The highest BCUT2D eigenvalue weighted by molar-refractivity contribution is 6.10. The van der Waals surface area contributed by atoms with Gasteiger partial charge >= 0.3 is 0 Å². The van der Waals surface area contributed by atoms with Crippen LogP contribution in [0.2, 0.25) is 0 Å². The minimum absolute atomic E-state index is 0.171. The molecule has 30 heavy (non-hydrogen) atoms. The van der Waals surface area contributed by atoms with Crippen LogP contribution in [0, 0.1) is 6.92 Å². The average molecular weight is 399 g/mol. The third kappa shape index (κ3) is 5.35. The third-order valence-corrected chi connectivity index (χ3v) is 4.64. The van der Waals surface area contributed by atoms with Gasteiger partial charge in [-0.25, -0.2) is 0 Å². The highest BCUT2D eigenvalue weighted by atomic mass is 16.2. The molecule has 5 nitrogen and oxygen atoms in total. The van der Waals surface area contributed by atoms with Gasteiger partial charge in [0, 0.05) is 31.0 Å². The molecule has 0 aliphatic heterocycles. The summed E-state index contributed by atoms with van der Waals surface area (Å²) < 4.78 is 0. The summed E-state index contributed by atoms with van der Waals surface area (Å²) in [6.45, 7) is 1.92. The van der Waals surface area contributed by atoms with E-state index in [1.165, 1.54) is 0 Å². The predicted octanol–water partition coefficient (Wildman–Crippen LogP) is 4.47. The fourth-order valence-corrected chi connectivity index (χ4v) is 2.88. The molecule has 2 amide bonds. The van der Waals surface area contributed by atoms with Crippen LogP contribution < -0.4 is 15.5 Å². The molecule has 0 aliphatic rings. The molecule has 0 heterocycles. The number of nitrogens with zero attached hydrogens (tertiary/aromatic N) is 1. The summed E-state index contributed by atoms with van der Waals surface area (Å²) in [5.74, 6) is -0.725. The monoisotopic (exact) mass is 399 g/mol. The Morgan fingerprint density at radius 2 is 1.47 bits per heavy atom. The molecule has 0 spiro atoms. The van der Waals surface area contributed by atoms with Crippen LogP contribution in [0.1, 0.15) is 21.5 Å². The van der Waals surface area contributed by atoms with Gasteiger partial charge < -0.3 is 15.5 Å². The highest BCUT2D eigenvalue weighted by Gasteiger charge is 2.15. The topological polar surface area (TPSA) is 61.4 Å². The van der Waals surface area contributed by atoms with E-state index in [-0.39, 0.29) is 17.5 Å². The van der Waals surface area contributed by atoms with Crippen molar-refractivity contribution in [1.82, 2.24) is 5.32 Å². The van der Waals surface area contributed by atoms with E-state index in [4.69, 9.17) is 0 Å². The van der Waals surface area contributed by atoms with E-state index < -0.39 is 0 Å². The Labute approximate surface area is 177 Å². The summed E-state index contributed by atoms with van der Waals surface area (Å²) in [7, 11) is 3.93. The quantitative estimate of drug-likeness (QED) is 0.601. The smallest absolute Gasteiger partial charge is 0.272 e. The largest absolute Gasteiger partial charge is 0.378 e. The number of benzene rings is 3. The molecule has 3 aromatic carbocycles. The van der Waals surface area contributed by atoms with Gasteiger partial charge in [0.15, 0.2) is 0 Å². The maximum atomic E-state index is 13.0. The number of nitrogens with one attached hydrogen (secondary N) is 2. The zero-order chi connectivity index (χ0) is 21.5. The molecule has 0 bridgehead atoms. The van der Waals surface area contributed by atoms with Gasteiger partial charge in [-0.2, -0.15) is 0 Å². The zero-order valence-electron chi connectivity index (χ0n) is 17.3. The van der Waals surface area contributed by atoms with E-state index >= 15 is 0 Å². The first-order valence-corrected chi connectivity index (χ1v) is 9.66. The van der Waals surface area contributed by atoms with Crippen molar-refractivity contribution in [3.63, 3.8) is 0 Å². The average Bonchev–Trinajstić information content (AvgIpc) is 2.75. The molecule has 0 fully saturated rings. The van der Waals surface area contributed by atoms with Gasteiger partial charge in [-0.1, -0.05) is 48.5 Å². The maximum absolute atomic E-state index is 13.0. The van der Waals surface area contributed by atoms with E-state index in [9.17, 15) is 9.59 Å². The summed E-state index contributed by atoms with van der Waals surface area (Å²) in [6.07, 6.45) is 1.67. The molecule has 0 radical (unpaired) electrons. The second kappa shape index (κ2) is 9.56. The van der Waals surface area contributed by atoms with Crippen molar-refractivity contribution in [2.24, 2.45) is 0 Å². The van der Waals surface area contributed by atoms with Gasteiger partial charge in [0.25, 0.3) is 11.8 Å². The van der Waals surface area contributed by atoms with Crippen LogP contribution in [0.5, 0.6) is 0 Å². The zero-order valence-corrected chi connectivity index (χ0v) is 17.3. The molecule has 3 aromatic rings. The standard InChI is InChI=1S/C25H25N3O2/c1-18-9-7-8-12-22(18)26-25(30)23(27-24(29)20-10-5-4-6-11-20)17-19-13-15-21(16-14-19)28(2)3/h4-17H,1-3H3,(H,26,30)(H,27,29). The van der Waals surface area contributed by atoms with Crippen molar-refractivity contribution in [1.29, 1.82) is 0 Å². The maximum Gasteiger partial charge on any atom is 0.272 e. The first kappa shape index (κ1) is 20.9. The fraction of sp³-hybridized carbons (Fsp3) is 0.120. The van der Waals surface area contributed by atoms with Crippen LogP contribution in [0.4, 0.5) is 11.4 Å². The van der Waals surface area contributed by atoms with Crippen molar-refractivity contribution < 1.29 is 9.59 Å². The van der Waals surface area contributed by atoms with Crippen molar-refractivity contribution in [3.05, 3.63) is 101 Å². The number of carbonyl (C=O) groups excluding carboxylic acids is 2. The van der Waals surface area contributed by atoms with Crippen LogP contribution in [0.3, 0.4) is 0 Å². The lowest BCUT2D eigenvalue weighted by Gasteiger charge is -2.14. The van der Waals surface area contributed by atoms with Crippen molar-refractivity contribution in [2.45, 2.75) is 6.92 Å². The molecular formula is C25H25N3O2. The first-order valence-electron chi connectivity index (χ1n) is 9.66. The molecule has 3 rings (SSSR count). The SMILES string of the molecule is Cc1ccccc1NC(=O)C(=Cc1ccc(N(C)C)cc1)NC(=O)c1ccccc1. The number of anilines is 2. The van der Waals surface area contributed by atoms with E-state index in [2.05, 4.69) is 10.6 Å². The van der Waals surface area contributed by atoms with Gasteiger partial charge in [0.1, 0.15) is 5.70 Å². The summed E-state index contributed by atoms with van der Waals surface area (Å²) in [4.78, 5) is 27.7. The number of hydrogen-bond acceptors (Lipinski definition) is 3. The summed E-state index contributed by atoms with van der Waals surface area (Å²) in [5, 5.41) is 5.65. The minimum atomic E-state index is -0.384. The van der Waals surface area contributed by atoms with Gasteiger partial charge in [0.05, 0.1) is 0 Å². The second-order valence-corrected chi connectivity index (χ2v) is 7.13. The normalized spacial score (nSPS) is 11.0. The van der Waals surface area contributed by atoms with Crippen LogP contribution in [-0.4, -0.2) is 25.9 Å². The predicted molar refractivity (Wildman–Crippen MR) is 122 cm³/mol. The Balaban J connectivity index is 1.90. The Morgan fingerprint density at radius 3 is 2.10 bits per heavy atom. The van der Waals surface area contributed by atoms with Crippen LogP contribution >= 0.6 is 0 Å². The van der Waals surface area contributed by atoms with Crippen molar-refractivity contribution in [2.75, 3.05) is 24.3 Å². The number of carbonyl (C=O) groups is 2. The summed E-state index contributed by atoms with van der Waals surface area (Å²) in [5.41, 5.74) is 4.15. The van der Waals surface area contributed by atoms with E-state index in [0.29, 0.717) is 11.3 Å². The number of rotatable bonds is 6. The second-order valence-electron chi connectivity index (χ2n) is 7.13. The summed E-state index contributed by atoms with van der Waals surface area (Å²) in [6, 6.07) is 24.1. The van der Waals surface area contributed by atoms with E-state index in [1.54, 1.807) is 30.3 Å². The molecule has 0 atom stereocenters. The molecule has 0 saturated heterocycles. The number of amides is 2. The van der Waals surface area contributed by atoms with Gasteiger partial charge in [0.2, 0.25) is 0 Å². The van der Waals surface area contributed by atoms with Crippen LogP contribution in [0.15, 0.2) is 84.6 Å². The molecule has 0 saturated carbocycles. The molecule has 152 valence electrons. The minimum Gasteiger partial charge on any atom is -0.378 e. The molecular weight excluding hydrogens is 374 g/mol. The fourth-order valence-electron chi connectivity index (χ4n) is 2.88. The van der Waals surface area contributed by atoms with E-state index in [0.717, 1.165) is 16.8 Å². The number of hydrogen-bond donors (Lipinski definition) is 2.